The molecule has 0 N–H and O–H groups in total. The van der Waals surface area contributed by atoms with E-state index in [9.17, 15) is 4.79 Å². The van der Waals surface area contributed by atoms with Gasteiger partial charge in [-0.25, -0.2) is 0 Å². The van der Waals surface area contributed by atoms with E-state index in [4.69, 9.17) is 23.8 Å². The van der Waals surface area contributed by atoms with Crippen LogP contribution in [0.2, 0.25) is 0 Å². The van der Waals surface area contributed by atoms with Gasteiger partial charge in [-0.2, -0.15) is 0 Å². The van der Waals surface area contributed by atoms with E-state index in [1.54, 1.807) is 19.5 Å². The second kappa shape index (κ2) is 10.3. The standard InChI is InChI=1S/C28H23N3O5/c1-2-33-26(32)15-20-5-3-4-6-25(20)36-17-19-12-22-8-10-35-28(22)24(14-19)23-13-18(16-30-31-29)11-21-7-9-34-27(21)23/h3-14H,2,15-17H2,1H3. The Bertz CT molecular complexity index is 1590. The summed E-state index contributed by atoms with van der Waals surface area (Å²) in [6.45, 7) is 2.63. The number of nitrogens with zero attached hydrogens (tertiary/aromatic N) is 3. The molecule has 0 saturated heterocycles. The first-order valence-electron chi connectivity index (χ1n) is 11.5. The average molecular weight is 482 g/mol. The Labute approximate surface area is 206 Å². The summed E-state index contributed by atoms with van der Waals surface area (Å²) in [6, 6.07) is 19.2. The van der Waals surface area contributed by atoms with Gasteiger partial charge in [0.1, 0.15) is 23.5 Å². The molecule has 3 aromatic carbocycles. The molecule has 0 aliphatic heterocycles. The minimum Gasteiger partial charge on any atom is -0.489 e. The van der Waals surface area contributed by atoms with Gasteiger partial charge in [0.05, 0.1) is 32.1 Å². The zero-order chi connectivity index (χ0) is 24.9. The number of esters is 1. The molecule has 8 heteroatoms. The maximum atomic E-state index is 12.0. The molecule has 0 amide bonds. The number of hydrogen-bond donors (Lipinski definition) is 0. The highest BCUT2D eigenvalue weighted by Crippen LogP contribution is 2.37. The van der Waals surface area contributed by atoms with Crippen LogP contribution in [0.3, 0.4) is 0 Å². The van der Waals surface area contributed by atoms with Gasteiger partial charge in [-0.3, -0.25) is 4.79 Å². The van der Waals surface area contributed by atoms with Gasteiger partial charge in [0.15, 0.2) is 0 Å². The molecule has 0 fully saturated rings. The van der Waals surface area contributed by atoms with Gasteiger partial charge in [-0.1, -0.05) is 23.3 Å². The molecule has 0 bridgehead atoms. The van der Waals surface area contributed by atoms with Crippen molar-refractivity contribution in [2.24, 2.45) is 5.11 Å². The fourth-order valence-electron chi connectivity index (χ4n) is 4.30. The van der Waals surface area contributed by atoms with Gasteiger partial charge in [0.2, 0.25) is 0 Å². The van der Waals surface area contributed by atoms with E-state index < -0.39 is 0 Å². The molecule has 180 valence electrons. The van der Waals surface area contributed by atoms with Crippen molar-refractivity contribution < 1.29 is 23.1 Å². The molecule has 2 heterocycles. The number of hydrogen-bond acceptors (Lipinski definition) is 6. The minimum absolute atomic E-state index is 0.143. The van der Waals surface area contributed by atoms with E-state index in [1.165, 1.54) is 0 Å². The van der Waals surface area contributed by atoms with Crippen LogP contribution in [0.4, 0.5) is 0 Å². The number of para-hydroxylation sites is 1. The number of rotatable bonds is 9. The van der Waals surface area contributed by atoms with Gasteiger partial charge in [0, 0.05) is 32.4 Å². The molecule has 5 rings (SSSR count). The third-order valence-corrected chi connectivity index (χ3v) is 5.84. The summed E-state index contributed by atoms with van der Waals surface area (Å²) < 4.78 is 22.9. The highest BCUT2D eigenvalue weighted by atomic mass is 16.5. The summed E-state index contributed by atoms with van der Waals surface area (Å²) in [5, 5.41) is 5.54. The van der Waals surface area contributed by atoms with E-state index >= 15 is 0 Å². The lowest BCUT2D eigenvalue weighted by Crippen LogP contribution is -2.09. The van der Waals surface area contributed by atoms with Crippen LogP contribution in [0.25, 0.3) is 43.5 Å². The lowest BCUT2D eigenvalue weighted by atomic mass is 9.97. The Kier molecular flexibility index (Phi) is 6.60. The fourth-order valence-corrected chi connectivity index (χ4v) is 4.30. The third kappa shape index (κ3) is 4.76. The van der Waals surface area contributed by atoms with Crippen molar-refractivity contribution in [1.29, 1.82) is 0 Å². The number of fused-ring (bicyclic) bond motifs is 2. The van der Waals surface area contributed by atoms with Crippen LogP contribution in [0.5, 0.6) is 5.75 Å². The fraction of sp³-hybridized carbons (Fsp3) is 0.179. The maximum absolute atomic E-state index is 12.0. The molecule has 5 aromatic rings. The van der Waals surface area contributed by atoms with Gasteiger partial charge in [-0.15, -0.1) is 0 Å². The maximum Gasteiger partial charge on any atom is 0.310 e. The highest BCUT2D eigenvalue weighted by molar-refractivity contribution is 6.01. The number of ether oxygens (including phenoxy) is 2. The Morgan fingerprint density at radius 1 is 0.944 bits per heavy atom. The molecule has 0 aliphatic carbocycles. The zero-order valence-corrected chi connectivity index (χ0v) is 19.6. The highest BCUT2D eigenvalue weighted by Gasteiger charge is 2.16. The first-order valence-corrected chi connectivity index (χ1v) is 11.5. The lowest BCUT2D eigenvalue weighted by molar-refractivity contribution is -0.142. The Morgan fingerprint density at radius 3 is 2.31 bits per heavy atom. The van der Waals surface area contributed by atoms with Crippen molar-refractivity contribution in [3.63, 3.8) is 0 Å². The molecule has 0 radical (unpaired) electrons. The summed E-state index contributed by atoms with van der Waals surface area (Å²) in [6.07, 6.45) is 3.43. The quantitative estimate of drug-likeness (QED) is 0.0946. The summed E-state index contributed by atoms with van der Waals surface area (Å²) in [5.41, 5.74) is 14.4. The van der Waals surface area contributed by atoms with Crippen LogP contribution in [0.15, 0.2) is 87.1 Å². The smallest absolute Gasteiger partial charge is 0.310 e. The molecule has 0 spiro atoms. The van der Waals surface area contributed by atoms with Crippen molar-refractivity contribution in [3.8, 4) is 16.9 Å². The SMILES string of the molecule is CCOC(=O)Cc1ccccc1OCc1cc(-c2cc(CN=[N+]=[N-])cc3ccoc23)c2occc2c1. The predicted molar refractivity (Wildman–Crippen MR) is 135 cm³/mol. The monoisotopic (exact) mass is 481 g/mol. The van der Waals surface area contributed by atoms with Crippen LogP contribution in [-0.2, 0) is 29.1 Å². The Balaban J connectivity index is 1.51. The molecular formula is C28H23N3O5. The summed E-state index contributed by atoms with van der Waals surface area (Å²) in [7, 11) is 0. The predicted octanol–water partition coefficient (Wildman–Crippen LogP) is 7.34. The third-order valence-electron chi connectivity index (χ3n) is 5.84. The van der Waals surface area contributed by atoms with Crippen LogP contribution < -0.4 is 4.74 Å². The number of benzene rings is 3. The molecular weight excluding hydrogens is 458 g/mol. The minimum atomic E-state index is -0.293. The van der Waals surface area contributed by atoms with Crippen molar-refractivity contribution in [3.05, 3.63) is 100 Å². The first kappa shape index (κ1) is 23.1. The summed E-state index contributed by atoms with van der Waals surface area (Å²) in [5.74, 6) is 0.336. The van der Waals surface area contributed by atoms with Crippen molar-refractivity contribution in [2.45, 2.75) is 26.5 Å². The molecule has 8 nitrogen and oxygen atoms in total. The largest absolute Gasteiger partial charge is 0.489 e. The van der Waals surface area contributed by atoms with E-state index in [-0.39, 0.29) is 25.5 Å². The van der Waals surface area contributed by atoms with E-state index in [1.807, 2.05) is 60.7 Å². The van der Waals surface area contributed by atoms with Crippen LogP contribution >= 0.6 is 0 Å². The van der Waals surface area contributed by atoms with Gasteiger partial charge >= 0.3 is 5.97 Å². The van der Waals surface area contributed by atoms with Crippen molar-refractivity contribution in [2.75, 3.05) is 6.61 Å². The van der Waals surface area contributed by atoms with Crippen molar-refractivity contribution >= 4 is 27.9 Å². The molecule has 0 unspecified atom stereocenters. The van der Waals surface area contributed by atoms with E-state index in [0.717, 1.165) is 49.8 Å². The normalized spacial score (nSPS) is 10.9. The van der Waals surface area contributed by atoms with Gasteiger partial charge < -0.3 is 18.3 Å². The van der Waals surface area contributed by atoms with Crippen LogP contribution in [0, 0.1) is 0 Å². The van der Waals surface area contributed by atoms with Gasteiger partial charge in [0.25, 0.3) is 0 Å². The summed E-state index contributed by atoms with van der Waals surface area (Å²) >= 11 is 0. The number of furan rings is 2. The first-order chi connectivity index (χ1) is 17.7. The molecule has 0 saturated carbocycles. The molecule has 0 aliphatic rings. The van der Waals surface area contributed by atoms with Crippen LogP contribution in [-0.4, -0.2) is 12.6 Å². The number of carbonyl (C=O) groups is 1. The zero-order valence-electron chi connectivity index (χ0n) is 19.6. The second-order valence-electron chi connectivity index (χ2n) is 8.23. The second-order valence-corrected chi connectivity index (χ2v) is 8.23. The summed E-state index contributed by atoms with van der Waals surface area (Å²) in [4.78, 5) is 14.9. The number of carbonyl (C=O) groups excluding carboxylic acids is 1. The molecule has 36 heavy (non-hydrogen) atoms. The molecule has 2 aromatic heterocycles. The van der Waals surface area contributed by atoms with Crippen molar-refractivity contribution in [1.82, 2.24) is 0 Å². The van der Waals surface area contributed by atoms with Crippen LogP contribution in [0.1, 0.15) is 23.6 Å². The molecule has 0 atom stereocenters. The topological polar surface area (TPSA) is 111 Å². The van der Waals surface area contributed by atoms with E-state index in [0.29, 0.717) is 12.4 Å². The average Bonchev–Trinajstić information content (AvgIpc) is 3.55. The lowest BCUT2D eigenvalue weighted by Gasteiger charge is -2.13. The van der Waals surface area contributed by atoms with E-state index in [2.05, 4.69) is 10.0 Å². The number of azide groups is 1. The Hall–Kier alpha value is -4.68. The van der Waals surface area contributed by atoms with Gasteiger partial charge in [-0.05, 0) is 66.0 Å². The Morgan fingerprint density at radius 2 is 1.61 bits per heavy atom.